The van der Waals surface area contributed by atoms with Crippen LogP contribution in [0.15, 0.2) is 66.7 Å². The number of aromatic amines is 1. The molecule has 3 aromatic carbocycles. The van der Waals surface area contributed by atoms with E-state index in [1.165, 1.54) is 18.2 Å². The van der Waals surface area contributed by atoms with Gasteiger partial charge in [0.05, 0.1) is 17.7 Å². The van der Waals surface area contributed by atoms with Crippen LogP contribution in [0.1, 0.15) is 51.7 Å². The van der Waals surface area contributed by atoms with Gasteiger partial charge in [-0.05, 0) is 85.5 Å². The van der Waals surface area contributed by atoms with Gasteiger partial charge in [-0.2, -0.15) is 13.2 Å². The lowest BCUT2D eigenvalue weighted by Crippen LogP contribution is -2.20. The summed E-state index contributed by atoms with van der Waals surface area (Å²) in [5.74, 6) is 0.0141. The molecule has 0 amide bonds. The molecule has 214 valence electrons. The zero-order valence-corrected chi connectivity index (χ0v) is 22.9. The van der Waals surface area contributed by atoms with Crippen molar-refractivity contribution in [3.05, 3.63) is 100 Å². The first-order valence-electron chi connectivity index (χ1n) is 13.5. The minimum atomic E-state index is -4.50. The van der Waals surface area contributed by atoms with E-state index >= 15 is 0 Å². The van der Waals surface area contributed by atoms with Crippen molar-refractivity contribution in [3.63, 3.8) is 0 Å². The number of rotatable bonds is 9. The molecule has 2 N–H and O–H groups in total. The maximum Gasteiger partial charge on any atom is 0.419 e. The van der Waals surface area contributed by atoms with Crippen molar-refractivity contribution in [2.75, 3.05) is 19.7 Å². The number of carbonyl (C=O) groups excluding carboxylic acids is 1. The Morgan fingerprint density at radius 1 is 1.00 bits per heavy atom. The van der Waals surface area contributed by atoms with Crippen molar-refractivity contribution in [1.29, 1.82) is 0 Å². The van der Waals surface area contributed by atoms with E-state index < -0.39 is 11.7 Å². The maximum atomic E-state index is 13.4. The zero-order chi connectivity index (χ0) is 29.0. The van der Waals surface area contributed by atoms with Gasteiger partial charge in [0.15, 0.2) is 0 Å². The third-order valence-electron chi connectivity index (χ3n) is 7.00. The van der Waals surface area contributed by atoms with Crippen LogP contribution in [0.5, 0.6) is 11.5 Å². The molecule has 0 aliphatic carbocycles. The molecule has 1 aliphatic rings. The Labute approximate surface area is 236 Å². The predicted molar refractivity (Wildman–Crippen MR) is 151 cm³/mol. The number of carbonyl (C=O) groups is 1. The minimum absolute atomic E-state index is 0.00704. The zero-order valence-electron chi connectivity index (χ0n) is 22.9. The Kier molecular flexibility index (Phi) is 8.35. The van der Waals surface area contributed by atoms with E-state index in [9.17, 15) is 18.0 Å². The van der Waals surface area contributed by atoms with Crippen molar-refractivity contribution in [2.45, 2.75) is 39.7 Å². The van der Waals surface area contributed by atoms with Crippen LogP contribution in [0.4, 0.5) is 13.2 Å². The lowest BCUT2D eigenvalue weighted by molar-refractivity contribution is -0.139. The minimum Gasteiger partial charge on any atom is -0.489 e. The predicted octanol–water partition coefficient (Wildman–Crippen LogP) is 7.21. The number of fused-ring (bicyclic) bond motifs is 1. The van der Waals surface area contributed by atoms with Gasteiger partial charge in [-0.1, -0.05) is 30.3 Å². The lowest BCUT2D eigenvalue weighted by Gasteiger charge is -2.20. The van der Waals surface area contributed by atoms with Crippen LogP contribution < -0.4 is 14.8 Å². The Hall–Kier alpha value is -4.24. The summed E-state index contributed by atoms with van der Waals surface area (Å²) in [5.41, 5.74) is 5.04. The van der Waals surface area contributed by atoms with Gasteiger partial charge in [0, 0.05) is 23.1 Å². The van der Waals surface area contributed by atoms with Crippen LogP contribution >= 0.6 is 0 Å². The van der Waals surface area contributed by atoms with Crippen LogP contribution in [0.2, 0.25) is 0 Å². The highest BCUT2D eigenvalue weighted by molar-refractivity contribution is 6.05. The van der Waals surface area contributed by atoms with Gasteiger partial charge in [0.2, 0.25) is 0 Å². The molecule has 0 atom stereocenters. The number of aromatic nitrogens is 1. The molecule has 0 radical (unpaired) electrons. The number of benzene rings is 3. The van der Waals surface area contributed by atoms with Crippen molar-refractivity contribution < 1.29 is 32.2 Å². The first-order valence-corrected chi connectivity index (χ1v) is 13.5. The van der Waals surface area contributed by atoms with Crippen molar-refractivity contribution >= 4 is 22.4 Å². The van der Waals surface area contributed by atoms with Gasteiger partial charge in [0.1, 0.15) is 24.7 Å². The van der Waals surface area contributed by atoms with E-state index in [1.807, 2.05) is 43.3 Å². The number of halogens is 3. The topological polar surface area (TPSA) is 72.6 Å². The van der Waals surface area contributed by atoms with Crippen molar-refractivity contribution in [3.8, 4) is 11.5 Å². The summed E-state index contributed by atoms with van der Waals surface area (Å²) in [5, 5.41) is 4.03. The highest BCUT2D eigenvalue weighted by Gasteiger charge is 2.34. The Morgan fingerprint density at radius 3 is 2.59 bits per heavy atom. The van der Waals surface area contributed by atoms with Crippen molar-refractivity contribution in [2.24, 2.45) is 0 Å². The molecule has 0 spiro atoms. The maximum absolute atomic E-state index is 13.4. The number of alkyl halides is 3. The van der Waals surface area contributed by atoms with E-state index in [-0.39, 0.29) is 31.5 Å². The Balaban J connectivity index is 1.38. The van der Waals surface area contributed by atoms with E-state index in [4.69, 9.17) is 14.2 Å². The standard InChI is InChI=1S/C32H31F3N2O4/c1-3-39-31(38)30-20(2)37-28-11-10-24(17-26(28)30)40-19-23-9-8-21(16-25(23)22-12-14-36-15-13-22)18-41-29-7-5-4-6-27(29)32(33,34)35/h4-12,16-17,36-37H,3,13-15,18-19H2,1-2H3. The number of ether oxygens (including phenoxy) is 3. The number of aryl methyl sites for hydroxylation is 1. The summed E-state index contributed by atoms with van der Waals surface area (Å²) in [4.78, 5) is 15.8. The quantitative estimate of drug-likeness (QED) is 0.210. The molecule has 1 aromatic heterocycles. The first kappa shape index (κ1) is 28.3. The molecule has 0 fully saturated rings. The summed E-state index contributed by atoms with van der Waals surface area (Å²) in [6.07, 6.45) is -1.57. The smallest absolute Gasteiger partial charge is 0.419 e. The molecule has 0 saturated heterocycles. The Bertz CT molecular complexity index is 1590. The van der Waals surface area contributed by atoms with E-state index in [1.54, 1.807) is 6.92 Å². The molecule has 0 saturated carbocycles. The second-order valence-electron chi connectivity index (χ2n) is 9.80. The highest BCUT2D eigenvalue weighted by atomic mass is 19.4. The first-order chi connectivity index (χ1) is 19.7. The fourth-order valence-electron chi connectivity index (χ4n) is 5.02. The van der Waals surface area contributed by atoms with E-state index in [2.05, 4.69) is 16.4 Å². The van der Waals surface area contributed by atoms with Gasteiger partial charge in [-0.25, -0.2) is 4.79 Å². The largest absolute Gasteiger partial charge is 0.489 e. The number of hydrogen-bond acceptors (Lipinski definition) is 5. The second kappa shape index (κ2) is 12.1. The molecule has 0 unspecified atom stereocenters. The number of para-hydroxylation sites is 1. The normalized spacial score (nSPS) is 13.6. The van der Waals surface area contributed by atoms with Crippen LogP contribution in [0.3, 0.4) is 0 Å². The molecule has 41 heavy (non-hydrogen) atoms. The molecular weight excluding hydrogens is 533 g/mol. The molecule has 4 aromatic rings. The fraction of sp³-hybridized carbons (Fsp3) is 0.281. The summed E-state index contributed by atoms with van der Waals surface area (Å²) in [6.45, 7) is 5.70. The molecule has 2 heterocycles. The summed E-state index contributed by atoms with van der Waals surface area (Å²) >= 11 is 0. The number of esters is 1. The highest BCUT2D eigenvalue weighted by Crippen LogP contribution is 2.36. The van der Waals surface area contributed by atoms with E-state index in [0.717, 1.165) is 64.4 Å². The number of nitrogens with one attached hydrogen (secondary N) is 2. The van der Waals surface area contributed by atoms with Gasteiger partial charge >= 0.3 is 12.1 Å². The van der Waals surface area contributed by atoms with Crippen LogP contribution in [0.25, 0.3) is 16.5 Å². The van der Waals surface area contributed by atoms with Gasteiger partial charge in [-0.3, -0.25) is 0 Å². The molecule has 6 nitrogen and oxygen atoms in total. The summed E-state index contributed by atoms with van der Waals surface area (Å²) in [7, 11) is 0. The SMILES string of the molecule is CCOC(=O)c1c(C)[nH]c2ccc(OCc3ccc(COc4ccccc4C(F)(F)F)cc3C3=CCNCC3)cc12. The molecule has 1 aliphatic heterocycles. The average Bonchev–Trinajstić information content (AvgIpc) is 3.30. The third kappa shape index (κ3) is 6.41. The van der Waals surface area contributed by atoms with Gasteiger partial charge < -0.3 is 24.5 Å². The Morgan fingerprint density at radius 2 is 1.83 bits per heavy atom. The lowest BCUT2D eigenvalue weighted by atomic mass is 9.94. The monoisotopic (exact) mass is 564 g/mol. The number of hydrogen-bond donors (Lipinski definition) is 2. The fourth-order valence-corrected chi connectivity index (χ4v) is 5.02. The van der Waals surface area contributed by atoms with Crippen LogP contribution in [-0.2, 0) is 24.1 Å². The molecular formula is C32H31F3N2O4. The summed E-state index contributed by atoms with van der Waals surface area (Å²) < 4.78 is 57.3. The molecule has 0 bridgehead atoms. The number of H-pyrrole nitrogens is 1. The van der Waals surface area contributed by atoms with Crippen LogP contribution in [-0.4, -0.2) is 30.6 Å². The van der Waals surface area contributed by atoms with Crippen molar-refractivity contribution in [1.82, 2.24) is 10.3 Å². The second-order valence-corrected chi connectivity index (χ2v) is 9.80. The van der Waals surface area contributed by atoms with Crippen LogP contribution in [0, 0.1) is 6.92 Å². The average molecular weight is 565 g/mol. The third-order valence-corrected chi connectivity index (χ3v) is 7.00. The summed E-state index contributed by atoms with van der Waals surface area (Å²) in [6, 6.07) is 16.5. The molecule has 5 rings (SSSR count). The van der Waals surface area contributed by atoms with E-state index in [0.29, 0.717) is 11.3 Å². The van der Waals surface area contributed by atoms with Gasteiger partial charge in [-0.15, -0.1) is 0 Å². The van der Waals surface area contributed by atoms with Gasteiger partial charge in [0.25, 0.3) is 0 Å². The molecule has 9 heteroatoms.